The molecule has 104 valence electrons. The Labute approximate surface area is 120 Å². The van der Waals surface area contributed by atoms with Gasteiger partial charge in [0.2, 0.25) is 5.88 Å². The van der Waals surface area contributed by atoms with Crippen molar-refractivity contribution >= 4 is 0 Å². The van der Waals surface area contributed by atoms with E-state index in [4.69, 9.17) is 9.72 Å². The van der Waals surface area contributed by atoms with Crippen LogP contribution in [0.15, 0.2) is 24.3 Å². The second kappa shape index (κ2) is 5.28. The number of benzene rings is 1. The number of aromatic nitrogens is 1. The fourth-order valence-corrected chi connectivity index (χ4v) is 3.16. The smallest absolute Gasteiger partial charge is 0.216 e. The van der Waals surface area contributed by atoms with E-state index in [1.165, 1.54) is 46.4 Å². The molecular weight excluding hydrogens is 246 g/mol. The Kier molecular flexibility index (Phi) is 3.47. The van der Waals surface area contributed by atoms with E-state index < -0.39 is 0 Å². The molecule has 0 radical (unpaired) electrons. The lowest BCUT2D eigenvalue weighted by molar-refractivity contribution is 0.392. The lowest BCUT2D eigenvalue weighted by atomic mass is 9.94. The Morgan fingerprint density at radius 1 is 1.25 bits per heavy atom. The van der Waals surface area contributed by atoms with Crippen LogP contribution in [0.3, 0.4) is 0 Å². The van der Waals surface area contributed by atoms with E-state index in [0.717, 1.165) is 18.7 Å². The first-order valence-electron chi connectivity index (χ1n) is 7.40. The molecule has 2 nitrogen and oxygen atoms in total. The molecule has 1 heterocycles. The van der Waals surface area contributed by atoms with Crippen LogP contribution < -0.4 is 4.74 Å². The number of ether oxygens (including phenoxy) is 1. The zero-order chi connectivity index (χ0) is 14.1. The summed E-state index contributed by atoms with van der Waals surface area (Å²) in [6.07, 6.45) is 4.46. The minimum Gasteiger partial charge on any atom is -0.481 e. The number of methoxy groups -OCH3 is 1. The molecule has 0 bridgehead atoms. The highest BCUT2D eigenvalue weighted by atomic mass is 16.5. The maximum Gasteiger partial charge on any atom is 0.216 e. The van der Waals surface area contributed by atoms with E-state index in [1.54, 1.807) is 7.11 Å². The van der Waals surface area contributed by atoms with Crippen molar-refractivity contribution in [1.82, 2.24) is 4.98 Å². The van der Waals surface area contributed by atoms with Crippen LogP contribution in [0.25, 0.3) is 11.1 Å². The topological polar surface area (TPSA) is 22.1 Å². The molecule has 1 aliphatic carbocycles. The molecule has 1 aliphatic rings. The van der Waals surface area contributed by atoms with E-state index in [0.29, 0.717) is 0 Å². The standard InChI is InChI=1S/C18H21NO/c1-4-5-9-14-12(2)18(20-3)19-16-11-13-8-6-7-10-15(13)17(14)16/h6-8,10H,4-5,9,11H2,1-3H3. The quantitative estimate of drug-likeness (QED) is 0.702. The maximum atomic E-state index is 5.48. The number of unbranched alkanes of at least 4 members (excludes halogenated alkanes) is 1. The molecule has 0 fully saturated rings. The van der Waals surface area contributed by atoms with Crippen molar-refractivity contribution in [2.75, 3.05) is 7.11 Å². The Morgan fingerprint density at radius 2 is 2.05 bits per heavy atom. The van der Waals surface area contributed by atoms with Crippen molar-refractivity contribution in [3.63, 3.8) is 0 Å². The van der Waals surface area contributed by atoms with Crippen molar-refractivity contribution < 1.29 is 4.74 Å². The number of rotatable bonds is 4. The summed E-state index contributed by atoms with van der Waals surface area (Å²) >= 11 is 0. The Balaban J connectivity index is 2.20. The van der Waals surface area contributed by atoms with E-state index >= 15 is 0 Å². The van der Waals surface area contributed by atoms with Gasteiger partial charge in [-0.2, -0.15) is 0 Å². The van der Waals surface area contributed by atoms with Gasteiger partial charge in [-0.05, 0) is 36.5 Å². The second-order valence-electron chi connectivity index (χ2n) is 5.48. The van der Waals surface area contributed by atoms with Gasteiger partial charge < -0.3 is 4.74 Å². The summed E-state index contributed by atoms with van der Waals surface area (Å²) in [6, 6.07) is 8.67. The van der Waals surface area contributed by atoms with Gasteiger partial charge in [-0.15, -0.1) is 0 Å². The number of hydrogen-bond acceptors (Lipinski definition) is 2. The maximum absolute atomic E-state index is 5.48. The van der Waals surface area contributed by atoms with Crippen LogP contribution in [-0.2, 0) is 12.8 Å². The molecule has 0 spiro atoms. The van der Waals surface area contributed by atoms with Crippen LogP contribution in [0.1, 0.15) is 42.1 Å². The van der Waals surface area contributed by atoms with E-state index in [1.807, 2.05) is 0 Å². The van der Waals surface area contributed by atoms with Crippen molar-refractivity contribution in [1.29, 1.82) is 0 Å². The number of hydrogen-bond donors (Lipinski definition) is 0. The summed E-state index contributed by atoms with van der Waals surface area (Å²) in [6.45, 7) is 4.37. The number of pyridine rings is 1. The third-order valence-corrected chi connectivity index (χ3v) is 4.22. The highest BCUT2D eigenvalue weighted by molar-refractivity contribution is 5.79. The molecule has 1 aromatic carbocycles. The first-order chi connectivity index (χ1) is 9.76. The van der Waals surface area contributed by atoms with Gasteiger partial charge >= 0.3 is 0 Å². The summed E-state index contributed by atoms with van der Waals surface area (Å²) in [5.41, 5.74) is 7.94. The average Bonchev–Trinajstić information content (AvgIpc) is 2.84. The fourth-order valence-electron chi connectivity index (χ4n) is 3.16. The average molecular weight is 267 g/mol. The van der Waals surface area contributed by atoms with Gasteiger partial charge in [0.05, 0.1) is 12.8 Å². The van der Waals surface area contributed by atoms with Crippen LogP contribution in [0.4, 0.5) is 0 Å². The monoisotopic (exact) mass is 267 g/mol. The molecule has 0 N–H and O–H groups in total. The summed E-state index contributed by atoms with van der Waals surface area (Å²) in [5, 5.41) is 0. The minimum absolute atomic E-state index is 0.794. The van der Waals surface area contributed by atoms with Crippen LogP contribution in [-0.4, -0.2) is 12.1 Å². The third-order valence-electron chi connectivity index (χ3n) is 4.22. The first-order valence-corrected chi connectivity index (χ1v) is 7.40. The molecule has 0 saturated carbocycles. The normalized spacial score (nSPS) is 12.2. The molecule has 1 aromatic heterocycles. The summed E-state index contributed by atoms with van der Waals surface area (Å²) in [7, 11) is 1.72. The fraction of sp³-hybridized carbons (Fsp3) is 0.389. The molecule has 0 amide bonds. The van der Waals surface area contributed by atoms with E-state index in [2.05, 4.69) is 38.1 Å². The van der Waals surface area contributed by atoms with Gasteiger partial charge in [-0.3, -0.25) is 0 Å². The van der Waals surface area contributed by atoms with Gasteiger partial charge in [0.15, 0.2) is 0 Å². The van der Waals surface area contributed by atoms with Gasteiger partial charge in [-0.25, -0.2) is 4.98 Å². The SMILES string of the molecule is CCCCc1c(C)c(OC)nc2c1-c1ccccc1C2. The van der Waals surface area contributed by atoms with Crippen LogP contribution in [0.5, 0.6) is 5.88 Å². The summed E-state index contributed by atoms with van der Waals surface area (Å²) in [4.78, 5) is 4.73. The van der Waals surface area contributed by atoms with Gasteiger partial charge in [0.1, 0.15) is 0 Å². The Hall–Kier alpha value is -1.83. The molecule has 2 aromatic rings. The van der Waals surface area contributed by atoms with Crippen molar-refractivity contribution in [2.24, 2.45) is 0 Å². The highest BCUT2D eigenvalue weighted by Crippen LogP contribution is 2.41. The lowest BCUT2D eigenvalue weighted by Gasteiger charge is -2.15. The van der Waals surface area contributed by atoms with Gasteiger partial charge in [-0.1, -0.05) is 37.6 Å². The molecule has 0 unspecified atom stereocenters. The summed E-state index contributed by atoms with van der Waals surface area (Å²) in [5.74, 6) is 0.794. The first kappa shape index (κ1) is 13.2. The van der Waals surface area contributed by atoms with Gasteiger partial charge in [0.25, 0.3) is 0 Å². The molecule has 0 atom stereocenters. The minimum atomic E-state index is 0.794. The molecular formula is C18H21NO. The predicted molar refractivity (Wildman–Crippen MR) is 82.4 cm³/mol. The second-order valence-corrected chi connectivity index (χ2v) is 5.48. The molecule has 2 heteroatoms. The third kappa shape index (κ3) is 2.00. The zero-order valence-corrected chi connectivity index (χ0v) is 12.5. The van der Waals surface area contributed by atoms with Crippen molar-refractivity contribution in [3.8, 4) is 17.0 Å². The van der Waals surface area contributed by atoms with Crippen LogP contribution >= 0.6 is 0 Å². The summed E-state index contributed by atoms with van der Waals surface area (Å²) < 4.78 is 5.48. The lowest BCUT2D eigenvalue weighted by Crippen LogP contribution is -2.02. The predicted octanol–water partition coefficient (Wildman–Crippen LogP) is 4.31. The molecule has 20 heavy (non-hydrogen) atoms. The number of nitrogens with zero attached hydrogens (tertiary/aromatic N) is 1. The van der Waals surface area contributed by atoms with E-state index in [9.17, 15) is 0 Å². The highest BCUT2D eigenvalue weighted by Gasteiger charge is 2.25. The van der Waals surface area contributed by atoms with Crippen molar-refractivity contribution in [3.05, 3.63) is 46.6 Å². The van der Waals surface area contributed by atoms with Crippen molar-refractivity contribution in [2.45, 2.75) is 39.5 Å². The van der Waals surface area contributed by atoms with Crippen LogP contribution in [0, 0.1) is 6.92 Å². The Bertz CT molecular complexity index is 646. The van der Waals surface area contributed by atoms with Gasteiger partial charge in [0, 0.05) is 17.5 Å². The Morgan fingerprint density at radius 3 is 2.80 bits per heavy atom. The number of fused-ring (bicyclic) bond motifs is 3. The molecule has 0 saturated heterocycles. The van der Waals surface area contributed by atoms with E-state index in [-0.39, 0.29) is 0 Å². The van der Waals surface area contributed by atoms with Crippen LogP contribution in [0.2, 0.25) is 0 Å². The molecule has 0 aliphatic heterocycles. The zero-order valence-electron chi connectivity index (χ0n) is 12.5. The molecule has 3 rings (SSSR count). The largest absolute Gasteiger partial charge is 0.481 e.